The number of nitrogens with zero attached hydrogens (tertiary/aromatic N) is 2. The molecule has 1 heterocycles. The van der Waals surface area contributed by atoms with Crippen LogP contribution in [0, 0.1) is 6.92 Å². The molecule has 1 fully saturated rings. The Hall–Kier alpha value is -3.32. The predicted molar refractivity (Wildman–Crippen MR) is 139 cm³/mol. The van der Waals surface area contributed by atoms with Crippen molar-refractivity contribution in [2.45, 2.75) is 37.8 Å². The maximum atomic E-state index is 13.2. The number of anilines is 2. The van der Waals surface area contributed by atoms with Gasteiger partial charge < -0.3 is 20.2 Å². The van der Waals surface area contributed by atoms with Crippen LogP contribution < -0.4 is 14.9 Å². The first kappa shape index (κ1) is 30.9. The van der Waals surface area contributed by atoms with E-state index in [2.05, 4.69) is 21.9 Å². The van der Waals surface area contributed by atoms with Crippen LogP contribution in [0.4, 0.5) is 24.5 Å². The number of aryl methyl sites for hydroxylation is 1. The van der Waals surface area contributed by atoms with E-state index in [1.54, 1.807) is 48.3 Å². The van der Waals surface area contributed by atoms with Gasteiger partial charge in [-0.1, -0.05) is 31.0 Å². The maximum absolute atomic E-state index is 13.2. The first-order chi connectivity index (χ1) is 17.8. The normalized spacial score (nSPS) is 13.8. The number of carboxylic acid groups (broad SMARTS) is 1. The zero-order valence-electron chi connectivity index (χ0n) is 21.5. The molecule has 38 heavy (non-hydrogen) atoms. The fraction of sp³-hybridized carbons (Fsp3) is 0.440. The summed E-state index contributed by atoms with van der Waals surface area (Å²) in [6.45, 7) is 7.95. The van der Waals surface area contributed by atoms with Crippen molar-refractivity contribution in [3.8, 4) is 0 Å². The molecule has 9 nitrogen and oxygen atoms in total. The highest BCUT2D eigenvalue weighted by Crippen LogP contribution is 2.28. The highest BCUT2D eigenvalue weighted by molar-refractivity contribution is 7.92. The molecule has 0 unspecified atom stereocenters. The van der Waals surface area contributed by atoms with Crippen LogP contribution in [0.5, 0.6) is 0 Å². The Kier molecular flexibility index (Phi) is 11.0. The van der Waals surface area contributed by atoms with Gasteiger partial charge in [0.1, 0.15) is 0 Å². The number of sulfonamides is 1. The number of aliphatic carboxylic acids is 1. The summed E-state index contributed by atoms with van der Waals surface area (Å²) in [4.78, 5) is 26.2. The van der Waals surface area contributed by atoms with Crippen molar-refractivity contribution < 1.29 is 36.3 Å². The molecule has 0 spiro atoms. The highest BCUT2D eigenvalue weighted by atomic mass is 32.2. The largest absolute Gasteiger partial charge is 0.490 e. The molecule has 1 aliphatic heterocycles. The lowest BCUT2D eigenvalue weighted by Crippen LogP contribution is -2.44. The van der Waals surface area contributed by atoms with Crippen molar-refractivity contribution in [2.24, 2.45) is 0 Å². The minimum absolute atomic E-state index is 0.0987. The van der Waals surface area contributed by atoms with Crippen molar-refractivity contribution in [2.75, 3.05) is 49.4 Å². The predicted octanol–water partition coefficient (Wildman–Crippen LogP) is 3.71. The molecule has 2 aromatic carbocycles. The third-order valence-electron chi connectivity index (χ3n) is 5.70. The van der Waals surface area contributed by atoms with E-state index in [-0.39, 0.29) is 10.8 Å². The number of carbonyl (C=O) groups is 2. The number of amides is 1. The number of nitrogens with one attached hydrogen (secondary N) is 2. The van der Waals surface area contributed by atoms with Gasteiger partial charge in [0.25, 0.3) is 15.9 Å². The highest BCUT2D eigenvalue weighted by Gasteiger charge is 2.38. The number of hydrogen-bond donors (Lipinski definition) is 3. The number of piperazine rings is 1. The first-order valence-electron chi connectivity index (χ1n) is 12.0. The summed E-state index contributed by atoms with van der Waals surface area (Å²) in [6, 6.07) is 11.9. The average molecular weight is 559 g/mol. The molecule has 3 rings (SSSR count). The van der Waals surface area contributed by atoms with E-state index in [1.807, 2.05) is 13.0 Å². The van der Waals surface area contributed by atoms with E-state index in [1.165, 1.54) is 0 Å². The number of benzene rings is 2. The van der Waals surface area contributed by atoms with Crippen LogP contribution in [0.25, 0.3) is 0 Å². The van der Waals surface area contributed by atoms with Crippen molar-refractivity contribution in [3.63, 3.8) is 0 Å². The summed E-state index contributed by atoms with van der Waals surface area (Å²) in [5, 5.41) is 10.4. The molecule has 0 aliphatic carbocycles. The minimum Gasteiger partial charge on any atom is -0.475 e. The number of unbranched alkanes of at least 4 members (excludes halogenated alkanes) is 1. The number of carboxylic acids is 1. The van der Waals surface area contributed by atoms with Crippen LogP contribution in [0.15, 0.2) is 47.4 Å². The zero-order chi connectivity index (χ0) is 28.5. The first-order valence-corrected chi connectivity index (χ1v) is 13.5. The van der Waals surface area contributed by atoms with Crippen LogP contribution in [-0.2, 0) is 14.8 Å². The fourth-order valence-corrected chi connectivity index (χ4v) is 4.64. The average Bonchev–Trinajstić information content (AvgIpc) is 2.87. The summed E-state index contributed by atoms with van der Waals surface area (Å²) in [5.41, 5.74) is 2.73. The molecule has 3 N–H and O–H groups in total. The van der Waals surface area contributed by atoms with Crippen LogP contribution >= 0.6 is 0 Å². The van der Waals surface area contributed by atoms with Crippen LogP contribution in [-0.4, -0.2) is 76.2 Å². The Morgan fingerprint density at radius 1 is 1.11 bits per heavy atom. The van der Waals surface area contributed by atoms with Gasteiger partial charge in [0, 0.05) is 51.1 Å². The monoisotopic (exact) mass is 558 g/mol. The molecule has 0 bridgehead atoms. The molecule has 0 atom stereocenters. The number of halogens is 3. The molecule has 1 saturated heterocycles. The summed E-state index contributed by atoms with van der Waals surface area (Å²) < 4.78 is 60.0. The molecule has 0 aromatic heterocycles. The third-order valence-corrected chi connectivity index (χ3v) is 7.10. The molecule has 2 aromatic rings. The number of hydrogen-bond acceptors (Lipinski definition) is 6. The Bertz CT molecular complexity index is 1200. The van der Waals surface area contributed by atoms with Crippen molar-refractivity contribution in [3.05, 3.63) is 53.6 Å². The lowest BCUT2D eigenvalue weighted by molar-refractivity contribution is -0.192. The van der Waals surface area contributed by atoms with E-state index >= 15 is 0 Å². The van der Waals surface area contributed by atoms with Crippen LogP contribution in [0.2, 0.25) is 0 Å². The van der Waals surface area contributed by atoms with Crippen molar-refractivity contribution >= 4 is 33.3 Å². The molecule has 0 radical (unpaired) electrons. The molecule has 210 valence electrons. The van der Waals surface area contributed by atoms with E-state index < -0.39 is 22.2 Å². The smallest absolute Gasteiger partial charge is 0.475 e. The SMILES string of the molecule is CCCCN(C)C(=O)c1cc(NS(=O)(=O)c2ccc(C)cc2)ccc1N1CCNCC1.O=C(O)C(F)(F)F. The maximum Gasteiger partial charge on any atom is 0.490 e. The van der Waals surface area contributed by atoms with Gasteiger partial charge in [0.05, 0.1) is 10.5 Å². The van der Waals surface area contributed by atoms with Crippen molar-refractivity contribution in [1.29, 1.82) is 0 Å². The van der Waals surface area contributed by atoms with Gasteiger partial charge in [-0.2, -0.15) is 13.2 Å². The molecule has 13 heteroatoms. The van der Waals surface area contributed by atoms with Gasteiger partial charge in [0.2, 0.25) is 0 Å². The summed E-state index contributed by atoms with van der Waals surface area (Å²) in [5.74, 6) is -2.86. The third kappa shape index (κ3) is 8.91. The zero-order valence-corrected chi connectivity index (χ0v) is 22.3. The second kappa shape index (κ2) is 13.5. The second-order valence-electron chi connectivity index (χ2n) is 8.77. The second-order valence-corrected chi connectivity index (χ2v) is 10.5. The topological polar surface area (TPSA) is 119 Å². The Labute approximate surface area is 220 Å². The Balaban J connectivity index is 0.000000638. The van der Waals surface area contributed by atoms with Crippen molar-refractivity contribution in [1.82, 2.24) is 10.2 Å². The summed E-state index contributed by atoms with van der Waals surface area (Å²) in [6.07, 6.45) is -3.16. The lowest BCUT2D eigenvalue weighted by Gasteiger charge is -2.32. The quantitative estimate of drug-likeness (QED) is 0.452. The van der Waals surface area contributed by atoms with Crippen LogP contribution in [0.3, 0.4) is 0 Å². The molecular weight excluding hydrogens is 525 g/mol. The van der Waals surface area contributed by atoms with Crippen LogP contribution in [0.1, 0.15) is 35.7 Å². The Morgan fingerprint density at radius 2 is 1.68 bits per heavy atom. The number of rotatable bonds is 8. The minimum atomic E-state index is -5.08. The van der Waals surface area contributed by atoms with E-state index in [0.717, 1.165) is 50.3 Å². The van der Waals surface area contributed by atoms with Gasteiger partial charge in [-0.3, -0.25) is 9.52 Å². The standard InChI is InChI=1S/C23H32N4O3S.C2HF3O2/c1-4-5-14-26(3)23(28)21-17-19(8-11-22(21)27-15-12-24-13-16-27)25-31(29,30)20-9-6-18(2)7-10-20;3-2(4,5)1(6)7/h6-11,17,24-25H,4-5,12-16H2,1-3H3;(H,6,7). The lowest BCUT2D eigenvalue weighted by atomic mass is 10.1. The van der Waals surface area contributed by atoms with Gasteiger partial charge in [-0.15, -0.1) is 0 Å². The Morgan fingerprint density at radius 3 is 2.21 bits per heavy atom. The molecule has 1 amide bonds. The number of carbonyl (C=O) groups excluding carboxylic acids is 1. The summed E-state index contributed by atoms with van der Waals surface area (Å²) in [7, 11) is -1.95. The van der Waals surface area contributed by atoms with Gasteiger partial charge in [-0.05, 0) is 43.7 Å². The van der Waals surface area contributed by atoms with E-state index in [4.69, 9.17) is 9.90 Å². The number of alkyl halides is 3. The summed E-state index contributed by atoms with van der Waals surface area (Å²) >= 11 is 0. The van der Waals surface area contributed by atoms with Gasteiger partial charge in [0.15, 0.2) is 0 Å². The fourth-order valence-electron chi connectivity index (χ4n) is 3.59. The molecular formula is C25H33F3N4O5S. The van der Waals surface area contributed by atoms with E-state index in [9.17, 15) is 26.4 Å². The molecule has 0 saturated carbocycles. The van der Waals surface area contributed by atoms with Gasteiger partial charge in [-0.25, -0.2) is 13.2 Å². The molecule has 1 aliphatic rings. The van der Waals surface area contributed by atoms with Gasteiger partial charge >= 0.3 is 12.1 Å². The van der Waals surface area contributed by atoms with E-state index in [0.29, 0.717) is 17.8 Å².